The van der Waals surface area contributed by atoms with Crippen LogP contribution in [0.5, 0.6) is 5.75 Å². The highest BCUT2D eigenvalue weighted by molar-refractivity contribution is 6.02. The Bertz CT molecular complexity index is 1310. The van der Waals surface area contributed by atoms with Gasteiger partial charge in [-0.25, -0.2) is 4.68 Å². The van der Waals surface area contributed by atoms with Crippen LogP contribution in [-0.2, 0) is 4.79 Å². The van der Waals surface area contributed by atoms with Crippen LogP contribution in [-0.4, -0.2) is 41.3 Å². The molecular weight excluding hydrogens is 410 g/mol. The van der Waals surface area contributed by atoms with E-state index in [-0.39, 0.29) is 12.3 Å². The van der Waals surface area contributed by atoms with Gasteiger partial charge in [-0.05, 0) is 31.2 Å². The third kappa shape index (κ3) is 3.81. The minimum Gasteiger partial charge on any atom is -0.489 e. The molecular formula is C23H19N5O4. The second kappa shape index (κ2) is 8.35. The van der Waals surface area contributed by atoms with Gasteiger partial charge in [0.1, 0.15) is 18.4 Å². The lowest BCUT2D eigenvalue weighted by molar-refractivity contribution is -0.120. The van der Waals surface area contributed by atoms with Crippen molar-refractivity contribution in [2.45, 2.75) is 13.0 Å². The van der Waals surface area contributed by atoms with Crippen molar-refractivity contribution in [1.29, 1.82) is 5.26 Å². The van der Waals surface area contributed by atoms with Crippen LogP contribution in [0.1, 0.15) is 21.7 Å². The molecule has 4 rings (SSSR count). The van der Waals surface area contributed by atoms with Crippen molar-refractivity contribution in [3.05, 3.63) is 81.8 Å². The molecule has 32 heavy (non-hydrogen) atoms. The normalized spacial score (nSPS) is 15.2. The van der Waals surface area contributed by atoms with Crippen LogP contribution in [0.15, 0.2) is 59.4 Å². The smallest absolute Gasteiger partial charge is 0.276 e. The Labute approximate surface area is 183 Å². The number of nitrogens with zero attached hydrogens (tertiary/aromatic N) is 4. The molecule has 0 saturated heterocycles. The van der Waals surface area contributed by atoms with Crippen molar-refractivity contribution in [2.24, 2.45) is 0 Å². The molecule has 0 bridgehead atoms. The maximum absolute atomic E-state index is 12.9. The van der Waals surface area contributed by atoms with E-state index in [0.717, 1.165) is 0 Å². The second-order valence-corrected chi connectivity index (χ2v) is 7.27. The van der Waals surface area contributed by atoms with Crippen LogP contribution in [0, 0.1) is 18.3 Å². The van der Waals surface area contributed by atoms with E-state index in [4.69, 9.17) is 10.00 Å². The summed E-state index contributed by atoms with van der Waals surface area (Å²) in [6.07, 6.45) is 0. The Morgan fingerprint density at radius 3 is 2.66 bits per heavy atom. The average molecular weight is 429 g/mol. The molecule has 0 radical (unpaired) electrons. The quantitative estimate of drug-likeness (QED) is 0.675. The van der Waals surface area contributed by atoms with Gasteiger partial charge in [0, 0.05) is 24.9 Å². The van der Waals surface area contributed by atoms with Crippen molar-refractivity contribution in [3.63, 3.8) is 0 Å². The summed E-state index contributed by atoms with van der Waals surface area (Å²) < 4.78 is 7.18. The molecule has 0 spiro atoms. The number of carbonyl (C=O) groups excluding carboxylic acids is 2. The summed E-state index contributed by atoms with van der Waals surface area (Å²) in [5.74, 6) is -0.840. The molecule has 1 atom stereocenters. The molecule has 0 aliphatic carbocycles. The fourth-order valence-corrected chi connectivity index (χ4v) is 3.44. The lowest BCUT2D eigenvalue weighted by Gasteiger charge is -2.20. The maximum Gasteiger partial charge on any atom is 0.276 e. The lowest BCUT2D eigenvalue weighted by Crippen LogP contribution is -2.50. The highest BCUT2D eigenvalue weighted by Crippen LogP contribution is 2.31. The van der Waals surface area contributed by atoms with Crippen LogP contribution in [0.4, 0.5) is 5.69 Å². The number of benzene rings is 2. The number of anilines is 1. The standard InChI is InChI=1S/C23H19N5O4/c1-14-10-19(29)21(26-28(14)16-6-4-3-5-7-16)22(30)25-17-13-32-20-11-15(12-24)8-9-18(20)27(2)23(17)31/h3-11,17H,13H2,1-2H3,(H,25,30). The number of rotatable bonds is 3. The Hall–Kier alpha value is -4.45. The zero-order valence-corrected chi connectivity index (χ0v) is 17.4. The van der Waals surface area contributed by atoms with Crippen molar-refractivity contribution in [2.75, 3.05) is 18.6 Å². The maximum atomic E-state index is 12.9. The number of hydrogen-bond acceptors (Lipinski definition) is 6. The zero-order valence-electron chi connectivity index (χ0n) is 17.4. The Morgan fingerprint density at radius 1 is 1.19 bits per heavy atom. The number of likely N-dealkylation sites (N-methyl/N-ethyl adjacent to an activating group) is 1. The summed E-state index contributed by atoms with van der Waals surface area (Å²) in [6.45, 7) is 1.56. The molecule has 9 heteroatoms. The molecule has 160 valence electrons. The number of amides is 2. The Kier molecular flexibility index (Phi) is 5.43. The molecule has 1 aliphatic heterocycles. The second-order valence-electron chi connectivity index (χ2n) is 7.27. The highest BCUT2D eigenvalue weighted by Gasteiger charge is 2.32. The Morgan fingerprint density at radius 2 is 1.94 bits per heavy atom. The van der Waals surface area contributed by atoms with Gasteiger partial charge in [-0.3, -0.25) is 14.4 Å². The van der Waals surface area contributed by atoms with Gasteiger partial charge in [0.25, 0.3) is 11.8 Å². The number of ether oxygens (including phenoxy) is 1. The molecule has 9 nitrogen and oxygen atoms in total. The topological polar surface area (TPSA) is 117 Å². The van der Waals surface area contributed by atoms with Gasteiger partial charge < -0.3 is 15.0 Å². The predicted octanol–water partition coefficient (Wildman–Crippen LogP) is 1.57. The fraction of sp³-hybridized carbons (Fsp3) is 0.174. The monoisotopic (exact) mass is 429 g/mol. The third-order valence-electron chi connectivity index (χ3n) is 5.11. The molecule has 2 aromatic carbocycles. The van der Waals surface area contributed by atoms with Crippen LogP contribution in [0.2, 0.25) is 0 Å². The van der Waals surface area contributed by atoms with E-state index in [2.05, 4.69) is 10.4 Å². The van der Waals surface area contributed by atoms with E-state index in [0.29, 0.717) is 28.4 Å². The van der Waals surface area contributed by atoms with Crippen LogP contribution in [0.3, 0.4) is 0 Å². The molecule has 2 heterocycles. The number of aromatic nitrogens is 2. The van der Waals surface area contributed by atoms with Crippen LogP contribution >= 0.6 is 0 Å². The first-order valence-corrected chi connectivity index (χ1v) is 9.81. The minimum atomic E-state index is -1.04. The summed E-state index contributed by atoms with van der Waals surface area (Å²) in [7, 11) is 1.55. The first kappa shape index (κ1) is 20.8. The SMILES string of the molecule is Cc1cc(=O)c(C(=O)NC2COc3cc(C#N)ccc3N(C)C2=O)nn1-c1ccccc1. The molecule has 0 fully saturated rings. The van der Waals surface area contributed by atoms with E-state index in [1.54, 1.807) is 38.2 Å². The first-order valence-electron chi connectivity index (χ1n) is 9.81. The van der Waals surface area contributed by atoms with Gasteiger partial charge in [0.15, 0.2) is 5.69 Å². The number of nitriles is 1. The zero-order chi connectivity index (χ0) is 22.8. The van der Waals surface area contributed by atoms with E-state index in [1.807, 2.05) is 24.3 Å². The van der Waals surface area contributed by atoms with Crippen molar-refractivity contribution < 1.29 is 14.3 Å². The van der Waals surface area contributed by atoms with Gasteiger partial charge in [-0.1, -0.05) is 18.2 Å². The molecule has 3 aromatic rings. The predicted molar refractivity (Wildman–Crippen MR) is 116 cm³/mol. The number of aryl methyl sites for hydroxylation is 1. The van der Waals surface area contributed by atoms with Crippen molar-refractivity contribution in [3.8, 4) is 17.5 Å². The van der Waals surface area contributed by atoms with Crippen LogP contribution < -0.4 is 20.4 Å². The summed E-state index contributed by atoms with van der Waals surface area (Å²) in [5.41, 5.74) is 1.24. The summed E-state index contributed by atoms with van der Waals surface area (Å²) in [5, 5.41) is 15.9. The third-order valence-corrected chi connectivity index (χ3v) is 5.11. The molecule has 1 aliphatic rings. The van der Waals surface area contributed by atoms with E-state index in [9.17, 15) is 14.4 Å². The summed E-state index contributed by atoms with van der Waals surface area (Å²) in [4.78, 5) is 39.7. The fourth-order valence-electron chi connectivity index (χ4n) is 3.44. The van der Waals surface area contributed by atoms with Crippen molar-refractivity contribution >= 4 is 17.5 Å². The van der Waals surface area contributed by atoms with Crippen LogP contribution in [0.25, 0.3) is 5.69 Å². The van der Waals surface area contributed by atoms with Gasteiger partial charge in [0.05, 0.1) is 23.0 Å². The van der Waals surface area contributed by atoms with Gasteiger partial charge in [-0.15, -0.1) is 0 Å². The largest absolute Gasteiger partial charge is 0.489 e. The molecule has 0 saturated carbocycles. The minimum absolute atomic E-state index is 0.157. The summed E-state index contributed by atoms with van der Waals surface area (Å²) >= 11 is 0. The number of hydrogen-bond donors (Lipinski definition) is 1. The Balaban J connectivity index is 1.61. The van der Waals surface area contributed by atoms with E-state index in [1.165, 1.54) is 21.7 Å². The molecule has 1 N–H and O–H groups in total. The first-order chi connectivity index (χ1) is 15.4. The number of carbonyl (C=O) groups is 2. The molecule has 2 amide bonds. The molecule has 1 aromatic heterocycles. The molecule has 1 unspecified atom stereocenters. The highest BCUT2D eigenvalue weighted by atomic mass is 16.5. The van der Waals surface area contributed by atoms with Gasteiger partial charge in [0.2, 0.25) is 5.43 Å². The van der Waals surface area contributed by atoms with Gasteiger partial charge >= 0.3 is 0 Å². The number of fused-ring (bicyclic) bond motifs is 1. The van der Waals surface area contributed by atoms with E-state index >= 15 is 0 Å². The summed E-state index contributed by atoms with van der Waals surface area (Å²) in [6, 6.07) is 16.1. The number of nitrogens with one attached hydrogen (secondary N) is 1. The average Bonchev–Trinajstić information content (AvgIpc) is 2.91. The number of para-hydroxylation sites is 1. The van der Waals surface area contributed by atoms with Crippen molar-refractivity contribution in [1.82, 2.24) is 15.1 Å². The van der Waals surface area contributed by atoms with Gasteiger partial charge in [-0.2, -0.15) is 10.4 Å². The van der Waals surface area contributed by atoms with E-state index < -0.39 is 23.3 Å². The lowest BCUT2D eigenvalue weighted by atomic mass is 10.2.